The molecule has 62 valence electrons. The second kappa shape index (κ2) is 15.8. The van der Waals surface area contributed by atoms with Gasteiger partial charge in [-0.1, -0.05) is 0 Å². The molecule has 0 heterocycles. The first-order chi connectivity index (χ1) is 4.83. The van der Waals surface area contributed by atoms with Crippen LogP contribution >= 0.6 is 0 Å². The van der Waals surface area contributed by atoms with E-state index in [9.17, 15) is 0 Å². The Morgan fingerprint density at radius 2 is 2.10 bits per heavy atom. The molecule has 0 aromatic carbocycles. The van der Waals surface area contributed by atoms with Gasteiger partial charge in [-0.25, -0.2) is 0 Å². The van der Waals surface area contributed by atoms with Gasteiger partial charge in [0.05, 0.1) is 26.4 Å². The van der Waals surface area contributed by atoms with Crippen LogP contribution in [0, 0.1) is 0 Å². The van der Waals surface area contributed by atoms with E-state index >= 15 is 0 Å². The fourth-order valence-electron chi connectivity index (χ4n) is 0.269. The van der Waals surface area contributed by atoms with E-state index in [1.807, 2.05) is 0 Å². The van der Waals surface area contributed by atoms with Crippen LogP contribution in [0.1, 0.15) is 0 Å². The van der Waals surface area contributed by atoms with E-state index < -0.39 is 6.47 Å². The molecule has 10 heavy (non-hydrogen) atoms. The van der Waals surface area contributed by atoms with Crippen molar-refractivity contribution in [2.75, 3.05) is 26.4 Å². The van der Waals surface area contributed by atoms with Crippen LogP contribution < -0.4 is 10.8 Å². The zero-order valence-corrected chi connectivity index (χ0v) is 5.78. The smallest absolute Gasteiger partial charge is 0.0977 e. The number of carboxylic acid groups (broad SMARTS) is 1. The quantitative estimate of drug-likeness (QED) is 0.323. The van der Waals surface area contributed by atoms with Gasteiger partial charge in [0.2, 0.25) is 0 Å². The summed E-state index contributed by atoms with van der Waals surface area (Å²) in [6.45, 7) is 1.48. The van der Waals surface area contributed by atoms with Crippen LogP contribution in [-0.2, 0) is 9.53 Å². The third-order valence-corrected chi connectivity index (χ3v) is 0.524. The number of hydrogen-bond donors (Lipinski definition) is 2. The highest BCUT2D eigenvalue weighted by atomic mass is 16.5. The van der Waals surface area contributed by atoms with Gasteiger partial charge in [0.1, 0.15) is 0 Å². The van der Waals surface area contributed by atoms with Crippen molar-refractivity contribution in [2.45, 2.75) is 0 Å². The second-order valence-electron chi connectivity index (χ2n) is 1.29. The fourth-order valence-corrected chi connectivity index (χ4v) is 0.269. The first-order valence-corrected chi connectivity index (χ1v) is 2.86. The lowest BCUT2D eigenvalue weighted by atomic mass is 10.7. The van der Waals surface area contributed by atoms with Crippen molar-refractivity contribution in [3.63, 3.8) is 0 Å². The lowest BCUT2D eigenvalue weighted by molar-refractivity contribution is -0.374. The van der Waals surface area contributed by atoms with E-state index in [1.54, 1.807) is 0 Å². The van der Waals surface area contributed by atoms with Gasteiger partial charge in [0, 0.05) is 6.47 Å². The summed E-state index contributed by atoms with van der Waals surface area (Å²) in [7, 11) is 0. The molecule has 0 amide bonds. The zero-order chi connectivity index (χ0) is 8.24. The minimum absolute atomic E-state index is 0.111. The van der Waals surface area contributed by atoms with Crippen molar-refractivity contribution in [3.05, 3.63) is 0 Å². The van der Waals surface area contributed by atoms with Gasteiger partial charge in [-0.3, -0.25) is 0 Å². The number of ether oxygens (including phenoxy) is 1. The van der Waals surface area contributed by atoms with Gasteiger partial charge in [0.15, 0.2) is 0 Å². The monoisotopic (exact) mass is 151 g/mol. The Balaban J connectivity index is 0. The standard InChI is InChI=1S/C4H11NO2.CH2O2/c5-1-3-7-4-2-6;2-1-3/h6H,1-5H2;1H,(H,2,3). The van der Waals surface area contributed by atoms with Crippen molar-refractivity contribution in [1.29, 1.82) is 0 Å². The Morgan fingerprint density at radius 3 is 2.40 bits per heavy atom. The largest absolute Gasteiger partial charge is 0.554 e. The van der Waals surface area contributed by atoms with Crippen LogP contribution in [0.4, 0.5) is 0 Å². The molecular formula is C5H13NO4. The van der Waals surface area contributed by atoms with Gasteiger partial charge in [0.25, 0.3) is 0 Å². The molecule has 0 aliphatic rings. The topological polar surface area (TPSA) is 97.2 Å². The van der Waals surface area contributed by atoms with Crippen molar-refractivity contribution >= 4 is 6.47 Å². The lowest BCUT2D eigenvalue weighted by Gasteiger charge is -1.93. The normalized spacial score (nSPS) is 7.80. The minimum Gasteiger partial charge on any atom is -0.554 e. The van der Waals surface area contributed by atoms with Crippen LogP contribution in [0.15, 0.2) is 0 Å². The maximum atomic E-state index is 8.25. The van der Waals surface area contributed by atoms with Gasteiger partial charge < -0.3 is 25.5 Å². The first-order valence-electron chi connectivity index (χ1n) is 2.86. The highest BCUT2D eigenvalue weighted by Crippen LogP contribution is 1.65. The van der Waals surface area contributed by atoms with E-state index in [1.165, 1.54) is 0 Å². The minimum atomic E-state index is -0.500. The maximum Gasteiger partial charge on any atom is 0.0977 e. The molecule has 0 unspecified atom stereocenters. The molecule has 0 rings (SSSR count). The summed E-state index contributed by atoms with van der Waals surface area (Å²) in [5.41, 5.74) is 3.55. The SMILES string of the molecule is O=C[O-].[NH3+]CCOCCO. The van der Waals surface area contributed by atoms with Crippen LogP contribution in [0.3, 0.4) is 0 Å². The van der Waals surface area contributed by atoms with Crippen molar-refractivity contribution in [2.24, 2.45) is 0 Å². The first kappa shape index (κ1) is 12.1. The lowest BCUT2D eigenvalue weighted by Crippen LogP contribution is -2.52. The van der Waals surface area contributed by atoms with Gasteiger partial charge in [-0.15, -0.1) is 0 Å². The van der Waals surface area contributed by atoms with Gasteiger partial charge in [-0.2, -0.15) is 0 Å². The number of aliphatic hydroxyl groups is 1. The number of carbonyl (C=O) groups excluding carboxylic acids is 1. The predicted octanol–water partition coefficient (Wildman–Crippen LogP) is -3.40. The van der Waals surface area contributed by atoms with Crippen LogP contribution in [0.2, 0.25) is 0 Å². The average Bonchev–Trinajstić information content (AvgIpc) is 1.91. The van der Waals surface area contributed by atoms with Crippen LogP contribution in [-0.4, -0.2) is 37.9 Å². The zero-order valence-electron chi connectivity index (χ0n) is 5.78. The van der Waals surface area contributed by atoms with Crippen LogP contribution in [0.25, 0.3) is 0 Å². The van der Waals surface area contributed by atoms with Gasteiger partial charge in [-0.05, 0) is 0 Å². The molecule has 0 bridgehead atoms. The number of hydrogen-bond acceptors (Lipinski definition) is 4. The Bertz CT molecular complexity index is 55.6. The number of quaternary nitrogens is 1. The molecule has 0 aliphatic heterocycles. The molecular weight excluding hydrogens is 138 g/mol. The van der Waals surface area contributed by atoms with Crippen molar-refractivity contribution in [3.8, 4) is 0 Å². The Labute approximate surface area is 59.4 Å². The van der Waals surface area contributed by atoms with E-state index in [-0.39, 0.29) is 6.61 Å². The molecule has 0 aromatic heterocycles. The highest BCUT2D eigenvalue weighted by Gasteiger charge is 1.80. The second-order valence-corrected chi connectivity index (χ2v) is 1.29. The number of rotatable bonds is 4. The summed E-state index contributed by atoms with van der Waals surface area (Å²) >= 11 is 0. The maximum absolute atomic E-state index is 8.25. The van der Waals surface area contributed by atoms with E-state index in [0.717, 1.165) is 6.54 Å². The molecule has 5 heteroatoms. The third-order valence-electron chi connectivity index (χ3n) is 0.524. The average molecular weight is 151 g/mol. The van der Waals surface area contributed by atoms with E-state index in [4.69, 9.17) is 19.7 Å². The molecule has 0 aliphatic carbocycles. The van der Waals surface area contributed by atoms with Gasteiger partial charge >= 0.3 is 0 Å². The molecule has 0 spiro atoms. The van der Waals surface area contributed by atoms with E-state index in [0.29, 0.717) is 13.2 Å². The molecule has 0 radical (unpaired) electrons. The number of carbonyl (C=O) groups is 1. The molecule has 4 N–H and O–H groups in total. The summed E-state index contributed by atoms with van der Waals surface area (Å²) in [5, 5.41) is 16.4. The molecule has 0 saturated carbocycles. The predicted molar refractivity (Wildman–Crippen MR) is 31.7 cm³/mol. The Kier molecular flexibility index (Phi) is 19.0. The molecule has 0 saturated heterocycles. The Hall–Kier alpha value is -0.650. The summed E-state index contributed by atoms with van der Waals surface area (Å²) in [5.74, 6) is 0. The summed E-state index contributed by atoms with van der Waals surface area (Å²) < 4.78 is 4.82. The molecule has 5 nitrogen and oxygen atoms in total. The fraction of sp³-hybridized carbons (Fsp3) is 0.800. The summed E-state index contributed by atoms with van der Waals surface area (Å²) in [6, 6.07) is 0. The number of aliphatic hydroxyl groups excluding tert-OH is 1. The Morgan fingerprint density at radius 1 is 1.60 bits per heavy atom. The van der Waals surface area contributed by atoms with Crippen molar-refractivity contribution < 1.29 is 25.5 Å². The molecule has 0 atom stereocenters. The van der Waals surface area contributed by atoms with E-state index in [2.05, 4.69) is 5.73 Å². The molecule has 0 fully saturated rings. The molecule has 0 aromatic rings. The van der Waals surface area contributed by atoms with Crippen molar-refractivity contribution in [1.82, 2.24) is 0 Å². The highest BCUT2D eigenvalue weighted by molar-refractivity contribution is 5.29. The summed E-state index contributed by atoms with van der Waals surface area (Å²) in [6.07, 6.45) is 0. The van der Waals surface area contributed by atoms with Crippen LogP contribution in [0.5, 0.6) is 0 Å². The summed E-state index contributed by atoms with van der Waals surface area (Å²) in [4.78, 5) is 8.25. The third kappa shape index (κ3) is 26.4.